The fourth-order valence-corrected chi connectivity index (χ4v) is 4.16. The molecule has 0 atom stereocenters. The van der Waals surface area contributed by atoms with Gasteiger partial charge in [-0.25, -0.2) is 4.39 Å². The second kappa shape index (κ2) is 10.1. The zero-order chi connectivity index (χ0) is 21.7. The van der Waals surface area contributed by atoms with Gasteiger partial charge in [0.1, 0.15) is 22.5 Å². The fourth-order valence-electron chi connectivity index (χ4n) is 2.64. The van der Waals surface area contributed by atoms with Crippen LogP contribution in [0.5, 0.6) is 5.75 Å². The quantitative estimate of drug-likeness (QED) is 0.332. The molecule has 1 heterocycles. The van der Waals surface area contributed by atoms with Crippen molar-refractivity contribution in [2.45, 2.75) is 13.0 Å². The third kappa shape index (κ3) is 5.38. The van der Waals surface area contributed by atoms with Gasteiger partial charge in [-0.2, -0.15) is 0 Å². The van der Waals surface area contributed by atoms with E-state index in [1.807, 2.05) is 0 Å². The van der Waals surface area contributed by atoms with Gasteiger partial charge in [-0.1, -0.05) is 53.8 Å². The Morgan fingerprint density at radius 2 is 2.00 bits per heavy atom. The normalized spacial score (nSPS) is 15.0. The van der Waals surface area contributed by atoms with E-state index in [1.54, 1.807) is 36.4 Å². The molecule has 156 valence electrons. The molecule has 1 amide bonds. The summed E-state index contributed by atoms with van der Waals surface area (Å²) in [5.41, 5.74) is 1.07. The number of thioether (sulfide) groups is 1. The van der Waals surface area contributed by atoms with Crippen LogP contribution in [0.4, 0.5) is 4.39 Å². The molecule has 0 aliphatic carbocycles. The summed E-state index contributed by atoms with van der Waals surface area (Å²) in [6.07, 6.45) is 1.79. The number of rotatable bonds is 7. The van der Waals surface area contributed by atoms with Gasteiger partial charge in [0.05, 0.1) is 23.5 Å². The Kier molecular flexibility index (Phi) is 7.47. The Morgan fingerprint density at radius 3 is 2.67 bits per heavy atom. The second-order valence-corrected chi connectivity index (χ2v) is 8.30. The molecule has 1 fully saturated rings. The van der Waals surface area contributed by atoms with Gasteiger partial charge < -0.3 is 9.47 Å². The molecule has 9 heteroatoms. The molecule has 0 N–H and O–H groups in total. The Hall–Kier alpha value is -2.42. The lowest BCUT2D eigenvalue weighted by molar-refractivity contribution is -0.140. The van der Waals surface area contributed by atoms with Crippen molar-refractivity contribution in [1.82, 2.24) is 4.90 Å². The molecule has 0 saturated carbocycles. The Balaban J connectivity index is 1.63. The second-order valence-electron chi connectivity index (χ2n) is 6.22. The molecule has 3 rings (SSSR count). The highest BCUT2D eigenvalue weighted by atomic mass is 35.5. The highest BCUT2D eigenvalue weighted by Gasteiger charge is 2.32. The third-order valence-corrected chi connectivity index (χ3v) is 6.00. The van der Waals surface area contributed by atoms with Crippen molar-refractivity contribution in [2.75, 3.05) is 13.7 Å². The highest BCUT2D eigenvalue weighted by molar-refractivity contribution is 8.26. The van der Waals surface area contributed by atoms with Crippen LogP contribution < -0.4 is 4.74 Å². The maximum absolute atomic E-state index is 13.8. The summed E-state index contributed by atoms with van der Waals surface area (Å²) in [5.74, 6) is -0.533. The smallest absolute Gasteiger partial charge is 0.307 e. The van der Waals surface area contributed by atoms with Crippen LogP contribution in [0.15, 0.2) is 47.4 Å². The molecule has 1 aliphatic heterocycles. The number of thiocarbonyl (C=S) groups is 1. The molecule has 0 unspecified atom stereocenters. The van der Waals surface area contributed by atoms with Crippen molar-refractivity contribution < 1.29 is 23.5 Å². The molecule has 1 saturated heterocycles. The van der Waals surface area contributed by atoms with Gasteiger partial charge in [-0.3, -0.25) is 14.5 Å². The van der Waals surface area contributed by atoms with Crippen LogP contribution >= 0.6 is 35.6 Å². The summed E-state index contributed by atoms with van der Waals surface area (Å²) in [6.45, 7) is 0.184. The van der Waals surface area contributed by atoms with Crippen molar-refractivity contribution in [1.29, 1.82) is 0 Å². The summed E-state index contributed by atoms with van der Waals surface area (Å²) in [5, 5.41) is 0.306. The number of carbonyl (C=O) groups excluding carboxylic acids is 2. The van der Waals surface area contributed by atoms with Crippen LogP contribution in [0.25, 0.3) is 6.08 Å². The Morgan fingerprint density at radius 1 is 1.27 bits per heavy atom. The van der Waals surface area contributed by atoms with Crippen LogP contribution in [0, 0.1) is 5.82 Å². The van der Waals surface area contributed by atoms with Crippen molar-refractivity contribution in [3.05, 3.63) is 69.3 Å². The van der Waals surface area contributed by atoms with Crippen LogP contribution in [0.2, 0.25) is 5.02 Å². The van der Waals surface area contributed by atoms with Crippen LogP contribution in [-0.2, 0) is 20.9 Å². The predicted molar refractivity (Wildman–Crippen MR) is 119 cm³/mol. The average molecular weight is 466 g/mol. The number of methoxy groups -OCH3 is 1. The van der Waals surface area contributed by atoms with E-state index >= 15 is 0 Å². The molecule has 2 aromatic carbocycles. The van der Waals surface area contributed by atoms with Crippen molar-refractivity contribution in [3.63, 3.8) is 0 Å². The van der Waals surface area contributed by atoms with Gasteiger partial charge in [-0.05, 0) is 35.9 Å². The lowest BCUT2D eigenvalue weighted by Crippen LogP contribution is -2.30. The van der Waals surface area contributed by atoms with Crippen LogP contribution in [-0.4, -0.2) is 34.8 Å². The molecule has 5 nitrogen and oxygen atoms in total. The number of nitrogens with zero attached hydrogens (tertiary/aromatic N) is 1. The van der Waals surface area contributed by atoms with E-state index < -0.39 is 11.8 Å². The number of esters is 1. The highest BCUT2D eigenvalue weighted by Crippen LogP contribution is 2.33. The number of carbonyl (C=O) groups is 2. The number of hydrogen-bond donors (Lipinski definition) is 0. The number of ether oxygens (including phenoxy) is 2. The van der Waals surface area contributed by atoms with E-state index in [2.05, 4.69) is 4.74 Å². The fraction of sp³-hybridized carbons (Fsp3) is 0.190. The largest absolute Gasteiger partial charge is 0.489 e. The average Bonchev–Trinajstić information content (AvgIpc) is 2.99. The molecule has 0 radical (unpaired) electrons. The van der Waals surface area contributed by atoms with Crippen molar-refractivity contribution >= 4 is 57.9 Å². The lowest BCUT2D eigenvalue weighted by atomic mass is 10.2. The van der Waals surface area contributed by atoms with E-state index in [9.17, 15) is 14.0 Å². The summed E-state index contributed by atoms with van der Waals surface area (Å²) < 4.78 is 24.4. The molecule has 30 heavy (non-hydrogen) atoms. The van der Waals surface area contributed by atoms with E-state index in [-0.39, 0.29) is 25.5 Å². The first-order valence-electron chi connectivity index (χ1n) is 8.87. The molecular weight excluding hydrogens is 449 g/mol. The zero-order valence-electron chi connectivity index (χ0n) is 15.9. The third-order valence-electron chi connectivity index (χ3n) is 4.26. The van der Waals surface area contributed by atoms with Gasteiger partial charge in [0.15, 0.2) is 0 Å². The van der Waals surface area contributed by atoms with Gasteiger partial charge in [0, 0.05) is 12.1 Å². The first-order chi connectivity index (χ1) is 14.4. The summed E-state index contributed by atoms with van der Waals surface area (Å²) in [7, 11) is 1.30. The minimum Gasteiger partial charge on any atom is -0.489 e. The first kappa shape index (κ1) is 22.3. The molecule has 0 spiro atoms. The zero-order valence-corrected chi connectivity index (χ0v) is 18.3. The number of amides is 1. The first-order valence-corrected chi connectivity index (χ1v) is 10.5. The molecule has 0 bridgehead atoms. The van der Waals surface area contributed by atoms with Crippen molar-refractivity contribution in [3.8, 4) is 5.75 Å². The van der Waals surface area contributed by atoms with E-state index in [1.165, 1.54) is 35.9 Å². The molecule has 2 aromatic rings. The van der Waals surface area contributed by atoms with Crippen LogP contribution in [0.1, 0.15) is 17.5 Å². The standard InChI is InChI=1S/C21H17ClFNO4S2/c1-27-19(25)9-10-24-20(26)18(30-21(24)29)11-13-5-7-14(8-6-13)28-12-15-16(22)3-2-4-17(15)23/h2-8,11H,9-10,12H2,1H3/b18-11+. The van der Waals surface area contributed by atoms with Gasteiger partial charge in [-0.15, -0.1) is 0 Å². The maximum Gasteiger partial charge on any atom is 0.307 e. The Labute approximate surface area is 187 Å². The monoisotopic (exact) mass is 465 g/mol. The molecule has 1 aliphatic rings. The van der Waals surface area contributed by atoms with E-state index in [4.69, 9.17) is 28.6 Å². The van der Waals surface area contributed by atoms with E-state index in [0.717, 1.165) is 5.56 Å². The van der Waals surface area contributed by atoms with E-state index in [0.29, 0.717) is 25.6 Å². The number of hydrogen-bond acceptors (Lipinski definition) is 6. The maximum atomic E-state index is 13.8. The topological polar surface area (TPSA) is 55.8 Å². The molecular formula is C21H17ClFNO4S2. The minimum atomic E-state index is -0.423. The minimum absolute atomic E-state index is 0.00368. The van der Waals surface area contributed by atoms with Gasteiger partial charge in [0.25, 0.3) is 5.91 Å². The molecule has 0 aromatic heterocycles. The SMILES string of the molecule is COC(=O)CCN1C(=O)/C(=C\c2ccc(OCc3c(F)cccc3Cl)cc2)SC1=S. The van der Waals surface area contributed by atoms with Gasteiger partial charge >= 0.3 is 5.97 Å². The summed E-state index contributed by atoms with van der Waals surface area (Å²) >= 11 is 12.4. The van der Waals surface area contributed by atoms with Crippen molar-refractivity contribution in [2.24, 2.45) is 0 Å². The number of benzene rings is 2. The predicted octanol–water partition coefficient (Wildman–Crippen LogP) is 4.82. The van der Waals surface area contributed by atoms with Crippen LogP contribution in [0.3, 0.4) is 0 Å². The summed E-state index contributed by atoms with van der Waals surface area (Å²) in [4.78, 5) is 25.7. The summed E-state index contributed by atoms with van der Waals surface area (Å²) in [6, 6.07) is 11.5. The lowest BCUT2D eigenvalue weighted by Gasteiger charge is -2.12. The number of halogens is 2. The van der Waals surface area contributed by atoms with Gasteiger partial charge in [0.2, 0.25) is 0 Å². The Bertz CT molecular complexity index is 990.